The fourth-order valence-corrected chi connectivity index (χ4v) is 4.56. The van der Waals surface area contributed by atoms with Gasteiger partial charge in [-0.3, -0.25) is 0 Å². The lowest BCUT2D eigenvalue weighted by molar-refractivity contribution is -0.138. The van der Waals surface area contributed by atoms with Gasteiger partial charge in [0.2, 0.25) is 0 Å². The van der Waals surface area contributed by atoms with Crippen LogP contribution in [0.1, 0.15) is 33.5 Å². The predicted molar refractivity (Wildman–Crippen MR) is 151 cm³/mol. The second-order valence-electron chi connectivity index (χ2n) is 8.97. The van der Waals surface area contributed by atoms with Gasteiger partial charge >= 0.3 is 6.18 Å². The lowest BCUT2D eigenvalue weighted by Gasteiger charge is -2.27. The van der Waals surface area contributed by atoms with Crippen LogP contribution in [-0.4, -0.2) is 21.2 Å². The average molecular weight is 568 g/mol. The molecule has 200 valence electrons. The van der Waals surface area contributed by atoms with Crippen molar-refractivity contribution in [2.24, 2.45) is 0 Å². The van der Waals surface area contributed by atoms with E-state index < -0.39 is 11.7 Å². The van der Waals surface area contributed by atoms with Crippen molar-refractivity contribution in [3.63, 3.8) is 0 Å². The maximum atomic E-state index is 13.5. The fourth-order valence-electron chi connectivity index (χ4n) is 4.12. The van der Waals surface area contributed by atoms with Crippen molar-refractivity contribution in [2.75, 3.05) is 11.4 Å². The highest BCUT2D eigenvalue weighted by molar-refractivity contribution is 7.80. The number of nitriles is 1. The molecule has 0 aliphatic rings. The second-order valence-corrected chi connectivity index (χ2v) is 9.76. The highest BCUT2D eigenvalue weighted by Crippen LogP contribution is 2.32. The second kappa shape index (κ2) is 12.3. The molecule has 10 heteroatoms. The maximum Gasteiger partial charge on any atom is 0.416 e. The van der Waals surface area contributed by atoms with E-state index in [4.69, 9.17) is 29.1 Å². The van der Waals surface area contributed by atoms with Crippen molar-refractivity contribution in [3.05, 3.63) is 118 Å². The zero-order valence-corrected chi connectivity index (χ0v) is 22.6. The maximum absolute atomic E-state index is 13.5. The van der Waals surface area contributed by atoms with E-state index in [-0.39, 0.29) is 17.2 Å². The first-order chi connectivity index (χ1) is 18.7. The summed E-state index contributed by atoms with van der Waals surface area (Å²) in [4.78, 5) is 6.13. The topological polar surface area (TPSA) is 56.9 Å². The Bertz CT molecular complexity index is 1490. The molecule has 4 aromatic rings. The van der Waals surface area contributed by atoms with Gasteiger partial charge in [0, 0.05) is 48.7 Å². The Morgan fingerprint density at radius 1 is 1.13 bits per heavy atom. The molecule has 0 spiro atoms. The van der Waals surface area contributed by atoms with Crippen LogP contribution >= 0.6 is 23.8 Å². The normalized spacial score (nSPS) is 11.2. The van der Waals surface area contributed by atoms with E-state index in [1.54, 1.807) is 36.8 Å². The Balaban J connectivity index is 1.52. The molecule has 1 aromatic heterocycles. The molecule has 0 saturated carbocycles. The van der Waals surface area contributed by atoms with Crippen LogP contribution in [0.2, 0.25) is 5.02 Å². The smallest absolute Gasteiger partial charge is 0.358 e. The number of nitrogens with zero attached hydrogens (tertiary/aromatic N) is 4. The molecule has 0 fully saturated rings. The standard InChI is InChI=1S/C29H25ClF3N5S/c1-20-6-11-24(14-27(20)30)38(28(39)36-16-23-4-2-3-5-26(23)29(31,32)33)13-12-25-17-35-19-37(25)18-22-9-7-21(15-34)8-10-22/h2-11,14,17,19H,12-13,16,18H2,1H3,(H,36,39). The number of aromatic nitrogens is 2. The summed E-state index contributed by atoms with van der Waals surface area (Å²) in [5.74, 6) is 0. The lowest BCUT2D eigenvalue weighted by Crippen LogP contribution is -2.41. The van der Waals surface area contributed by atoms with Crippen LogP contribution in [0.5, 0.6) is 0 Å². The number of hydrogen-bond donors (Lipinski definition) is 1. The molecule has 39 heavy (non-hydrogen) atoms. The monoisotopic (exact) mass is 567 g/mol. The van der Waals surface area contributed by atoms with E-state index in [1.165, 1.54) is 12.1 Å². The van der Waals surface area contributed by atoms with Crippen molar-refractivity contribution in [2.45, 2.75) is 32.6 Å². The van der Waals surface area contributed by atoms with Gasteiger partial charge in [0.15, 0.2) is 5.11 Å². The Morgan fingerprint density at radius 2 is 1.87 bits per heavy atom. The minimum absolute atomic E-state index is 0.0821. The third-order valence-corrected chi connectivity index (χ3v) is 7.06. The summed E-state index contributed by atoms with van der Waals surface area (Å²) in [6.07, 6.45) is -0.384. The zero-order valence-electron chi connectivity index (χ0n) is 21.0. The Kier molecular flexibility index (Phi) is 8.90. The summed E-state index contributed by atoms with van der Waals surface area (Å²) >= 11 is 12.1. The molecule has 0 atom stereocenters. The van der Waals surface area contributed by atoms with E-state index in [0.717, 1.165) is 28.6 Å². The molecule has 0 radical (unpaired) electrons. The molecular weight excluding hydrogens is 543 g/mol. The van der Waals surface area contributed by atoms with Gasteiger partial charge in [-0.2, -0.15) is 18.4 Å². The van der Waals surface area contributed by atoms with Gasteiger partial charge in [0.05, 0.1) is 23.5 Å². The summed E-state index contributed by atoms with van der Waals surface area (Å²) < 4.78 is 42.5. The van der Waals surface area contributed by atoms with Crippen molar-refractivity contribution in [3.8, 4) is 6.07 Å². The number of rotatable bonds is 8. The molecule has 4 rings (SSSR count). The van der Waals surface area contributed by atoms with E-state index in [9.17, 15) is 13.2 Å². The van der Waals surface area contributed by atoms with E-state index in [2.05, 4.69) is 16.4 Å². The van der Waals surface area contributed by atoms with Gasteiger partial charge in [0.1, 0.15) is 0 Å². The van der Waals surface area contributed by atoms with E-state index in [1.807, 2.05) is 40.7 Å². The van der Waals surface area contributed by atoms with Crippen molar-refractivity contribution in [1.29, 1.82) is 5.26 Å². The molecular formula is C29H25ClF3N5S. The number of aryl methyl sites for hydroxylation is 1. The molecule has 3 aromatic carbocycles. The highest BCUT2D eigenvalue weighted by Gasteiger charge is 2.32. The van der Waals surface area contributed by atoms with Gasteiger partial charge in [0.25, 0.3) is 0 Å². The number of thiocarbonyl (C=S) groups is 1. The molecule has 5 nitrogen and oxygen atoms in total. The van der Waals surface area contributed by atoms with Crippen molar-refractivity contribution in [1.82, 2.24) is 14.9 Å². The third-order valence-electron chi connectivity index (χ3n) is 6.29. The first kappa shape index (κ1) is 28.1. The first-order valence-electron chi connectivity index (χ1n) is 12.1. The number of hydrogen-bond acceptors (Lipinski definition) is 3. The van der Waals surface area contributed by atoms with Gasteiger partial charge in [-0.15, -0.1) is 0 Å². The van der Waals surface area contributed by atoms with E-state index >= 15 is 0 Å². The number of nitrogens with one attached hydrogen (secondary N) is 1. The molecule has 0 aliphatic heterocycles. The summed E-state index contributed by atoms with van der Waals surface area (Å²) in [6.45, 7) is 2.82. The molecule has 1 N–H and O–H groups in total. The number of anilines is 1. The van der Waals surface area contributed by atoms with Crippen LogP contribution < -0.4 is 10.2 Å². The average Bonchev–Trinajstić information content (AvgIpc) is 3.36. The van der Waals surface area contributed by atoms with Crippen LogP contribution in [0, 0.1) is 18.3 Å². The van der Waals surface area contributed by atoms with Crippen LogP contribution in [-0.2, 0) is 25.7 Å². The summed E-state index contributed by atoms with van der Waals surface area (Å²) in [5, 5.41) is 12.9. The largest absolute Gasteiger partial charge is 0.416 e. The molecule has 0 saturated heterocycles. The summed E-state index contributed by atoms with van der Waals surface area (Å²) in [7, 11) is 0. The minimum atomic E-state index is -4.46. The van der Waals surface area contributed by atoms with Crippen LogP contribution in [0.3, 0.4) is 0 Å². The molecule has 1 heterocycles. The van der Waals surface area contributed by atoms with Gasteiger partial charge in [-0.1, -0.05) is 48.0 Å². The third kappa shape index (κ3) is 7.16. The first-order valence-corrected chi connectivity index (χ1v) is 12.9. The van der Waals surface area contributed by atoms with Gasteiger partial charge < -0.3 is 14.8 Å². The number of alkyl halides is 3. The van der Waals surface area contributed by atoms with Crippen LogP contribution in [0.15, 0.2) is 79.3 Å². The molecule has 0 unspecified atom stereocenters. The predicted octanol–water partition coefficient (Wildman–Crippen LogP) is 6.91. The summed E-state index contributed by atoms with van der Waals surface area (Å²) in [6, 6.07) is 20.5. The zero-order chi connectivity index (χ0) is 28.0. The van der Waals surface area contributed by atoms with E-state index in [0.29, 0.717) is 30.1 Å². The Morgan fingerprint density at radius 3 is 2.56 bits per heavy atom. The highest BCUT2D eigenvalue weighted by atomic mass is 35.5. The Hall–Kier alpha value is -3.87. The molecule has 0 bridgehead atoms. The molecule has 0 aliphatic carbocycles. The lowest BCUT2D eigenvalue weighted by atomic mass is 10.1. The SMILES string of the molecule is Cc1ccc(N(CCc2cncn2Cc2ccc(C#N)cc2)C(=S)NCc2ccccc2C(F)(F)F)cc1Cl. The van der Waals surface area contributed by atoms with Gasteiger partial charge in [-0.25, -0.2) is 4.98 Å². The summed E-state index contributed by atoms with van der Waals surface area (Å²) in [5.41, 5.74) is 3.61. The van der Waals surface area contributed by atoms with Gasteiger partial charge in [-0.05, 0) is 66.2 Å². The fraction of sp³-hybridized carbons (Fsp3) is 0.207. The van der Waals surface area contributed by atoms with Crippen molar-refractivity contribution >= 4 is 34.6 Å². The minimum Gasteiger partial charge on any atom is -0.358 e. The number of halogens is 4. The Labute approximate surface area is 235 Å². The van der Waals surface area contributed by atoms with Crippen molar-refractivity contribution < 1.29 is 13.2 Å². The number of benzene rings is 3. The van der Waals surface area contributed by atoms with Crippen LogP contribution in [0.4, 0.5) is 18.9 Å². The quantitative estimate of drug-likeness (QED) is 0.235. The number of imidazole rings is 1. The van der Waals surface area contributed by atoms with Crippen LogP contribution in [0.25, 0.3) is 0 Å². The molecule has 0 amide bonds.